The Morgan fingerprint density at radius 1 is 1.07 bits per heavy atom. The summed E-state index contributed by atoms with van der Waals surface area (Å²) in [7, 11) is 1.59. The first kappa shape index (κ1) is 19.2. The van der Waals surface area contributed by atoms with Crippen molar-refractivity contribution < 1.29 is 9.53 Å². The number of ether oxygens (including phenoxy) is 1. The highest BCUT2D eigenvalue weighted by Crippen LogP contribution is 2.27. The van der Waals surface area contributed by atoms with Crippen molar-refractivity contribution in [2.45, 2.75) is 37.2 Å². The summed E-state index contributed by atoms with van der Waals surface area (Å²) in [5.74, 6) is 0.692. The van der Waals surface area contributed by atoms with E-state index in [-0.39, 0.29) is 22.6 Å². The van der Waals surface area contributed by atoms with Crippen molar-refractivity contribution in [1.82, 2.24) is 9.55 Å². The molecule has 27 heavy (non-hydrogen) atoms. The Balaban J connectivity index is 1.96. The fraction of sp³-hybridized carbons (Fsp3) is 0.286. The molecule has 0 saturated carbocycles. The molecule has 1 aromatic heterocycles. The Kier molecular flexibility index (Phi) is 5.65. The summed E-state index contributed by atoms with van der Waals surface area (Å²) in [6.07, 6.45) is 0. The molecule has 0 spiro atoms. The van der Waals surface area contributed by atoms with Gasteiger partial charge in [0.05, 0.1) is 23.3 Å². The molecule has 2 aromatic carbocycles. The molecule has 0 aliphatic carbocycles. The Hall–Kier alpha value is -2.60. The van der Waals surface area contributed by atoms with Crippen LogP contribution in [0.2, 0.25) is 0 Å². The maximum Gasteiger partial charge on any atom is 0.262 e. The van der Waals surface area contributed by atoms with Gasteiger partial charge in [-0.05, 0) is 57.2 Å². The summed E-state index contributed by atoms with van der Waals surface area (Å²) in [4.78, 5) is 30.3. The van der Waals surface area contributed by atoms with Gasteiger partial charge in [-0.15, -0.1) is 0 Å². The molecule has 0 amide bonds. The lowest BCUT2D eigenvalue weighted by Crippen LogP contribution is -2.26. The molecule has 3 rings (SSSR count). The maximum absolute atomic E-state index is 12.9. The molecule has 0 unspecified atom stereocenters. The monoisotopic (exact) mass is 382 g/mol. The highest BCUT2D eigenvalue weighted by Gasteiger charge is 2.21. The van der Waals surface area contributed by atoms with Crippen LogP contribution in [0.4, 0.5) is 0 Å². The molecule has 0 radical (unpaired) electrons. The number of hydrogen-bond acceptors (Lipinski definition) is 5. The number of ketones is 1. The molecule has 0 aliphatic heterocycles. The standard InChI is InChI=1S/C21H22N2O3S/c1-13(2)23-20(25)17-7-5-6-8-18(17)22-21(23)27-14(3)19(24)15-9-11-16(26-4)12-10-15/h5-14H,1-4H3/t14-/m0/s1. The number of rotatable bonds is 6. The summed E-state index contributed by atoms with van der Waals surface area (Å²) in [5, 5.41) is 0.768. The van der Waals surface area contributed by atoms with Crippen LogP contribution < -0.4 is 10.3 Å². The number of carbonyl (C=O) groups excluding carboxylic acids is 1. The van der Waals surface area contributed by atoms with Crippen molar-refractivity contribution in [3.05, 3.63) is 64.4 Å². The zero-order chi connectivity index (χ0) is 19.6. The lowest BCUT2D eigenvalue weighted by Gasteiger charge is -2.18. The number of methoxy groups -OCH3 is 1. The van der Waals surface area contributed by atoms with E-state index in [0.717, 1.165) is 0 Å². The van der Waals surface area contributed by atoms with E-state index in [0.29, 0.717) is 27.4 Å². The van der Waals surface area contributed by atoms with Crippen LogP contribution in [-0.4, -0.2) is 27.7 Å². The SMILES string of the molecule is COc1ccc(C(=O)[C@H](C)Sc2nc3ccccc3c(=O)n2C(C)C)cc1. The van der Waals surface area contributed by atoms with Crippen LogP contribution in [0, 0.1) is 0 Å². The van der Waals surface area contributed by atoms with E-state index in [2.05, 4.69) is 4.98 Å². The van der Waals surface area contributed by atoms with Crippen LogP contribution in [0.1, 0.15) is 37.2 Å². The molecule has 0 N–H and O–H groups in total. The zero-order valence-corrected chi connectivity index (χ0v) is 16.6. The number of benzene rings is 2. The van der Waals surface area contributed by atoms with Gasteiger partial charge < -0.3 is 4.74 Å². The van der Waals surface area contributed by atoms with Crippen molar-refractivity contribution in [2.24, 2.45) is 0 Å². The summed E-state index contributed by atoms with van der Waals surface area (Å²) in [6, 6.07) is 14.3. The first-order valence-corrected chi connectivity index (χ1v) is 9.66. The van der Waals surface area contributed by atoms with Crippen LogP contribution in [0.5, 0.6) is 5.75 Å². The van der Waals surface area contributed by atoms with E-state index in [1.807, 2.05) is 39.0 Å². The second-order valence-corrected chi connectivity index (χ2v) is 7.84. The van der Waals surface area contributed by atoms with Crippen molar-refractivity contribution in [3.63, 3.8) is 0 Å². The first-order valence-electron chi connectivity index (χ1n) is 8.78. The number of Topliss-reactive ketones (excluding diaryl/α,β-unsaturated/α-hetero) is 1. The summed E-state index contributed by atoms with van der Waals surface area (Å²) >= 11 is 1.31. The third-order valence-electron chi connectivity index (χ3n) is 4.32. The van der Waals surface area contributed by atoms with Crippen molar-refractivity contribution in [1.29, 1.82) is 0 Å². The van der Waals surface area contributed by atoms with Gasteiger partial charge in [-0.2, -0.15) is 0 Å². The molecule has 0 bridgehead atoms. The normalized spacial score (nSPS) is 12.3. The molecule has 0 aliphatic rings. The Labute approximate surface area is 162 Å². The van der Waals surface area contributed by atoms with Crippen LogP contribution in [0.25, 0.3) is 10.9 Å². The third-order valence-corrected chi connectivity index (χ3v) is 5.38. The average Bonchev–Trinajstić information content (AvgIpc) is 2.67. The smallest absolute Gasteiger partial charge is 0.262 e. The average molecular weight is 382 g/mol. The van der Waals surface area contributed by atoms with Gasteiger partial charge in [-0.1, -0.05) is 23.9 Å². The van der Waals surface area contributed by atoms with E-state index in [9.17, 15) is 9.59 Å². The van der Waals surface area contributed by atoms with Gasteiger partial charge in [0.1, 0.15) is 5.75 Å². The summed E-state index contributed by atoms with van der Waals surface area (Å²) in [5.41, 5.74) is 1.17. The molecule has 6 heteroatoms. The van der Waals surface area contributed by atoms with Crippen molar-refractivity contribution in [2.75, 3.05) is 7.11 Å². The molecule has 0 saturated heterocycles. The van der Waals surface area contributed by atoms with Crippen LogP contribution in [-0.2, 0) is 0 Å². The fourth-order valence-corrected chi connectivity index (χ4v) is 3.98. The molecule has 140 valence electrons. The largest absolute Gasteiger partial charge is 0.497 e. The minimum atomic E-state index is -0.378. The minimum Gasteiger partial charge on any atom is -0.497 e. The van der Waals surface area contributed by atoms with Gasteiger partial charge in [0.15, 0.2) is 10.9 Å². The second-order valence-electron chi connectivity index (χ2n) is 6.53. The number of para-hydroxylation sites is 1. The van der Waals surface area contributed by atoms with Gasteiger partial charge in [0.25, 0.3) is 5.56 Å². The number of carbonyl (C=O) groups is 1. The molecule has 1 heterocycles. The second kappa shape index (κ2) is 7.96. The van der Waals surface area contributed by atoms with Crippen LogP contribution >= 0.6 is 11.8 Å². The number of nitrogens with zero attached hydrogens (tertiary/aromatic N) is 2. The van der Waals surface area contributed by atoms with Gasteiger partial charge >= 0.3 is 0 Å². The number of aromatic nitrogens is 2. The van der Waals surface area contributed by atoms with Gasteiger partial charge in [-0.25, -0.2) is 4.98 Å². The zero-order valence-electron chi connectivity index (χ0n) is 15.8. The van der Waals surface area contributed by atoms with Gasteiger partial charge in [-0.3, -0.25) is 14.2 Å². The predicted molar refractivity (Wildman–Crippen MR) is 109 cm³/mol. The van der Waals surface area contributed by atoms with Crippen molar-refractivity contribution in [3.8, 4) is 5.75 Å². The van der Waals surface area contributed by atoms with E-state index in [4.69, 9.17) is 4.74 Å². The Morgan fingerprint density at radius 2 is 1.74 bits per heavy atom. The fourth-order valence-electron chi connectivity index (χ4n) is 2.87. The number of hydrogen-bond donors (Lipinski definition) is 0. The van der Waals surface area contributed by atoms with E-state index < -0.39 is 0 Å². The minimum absolute atomic E-state index is 0.0135. The topological polar surface area (TPSA) is 61.2 Å². The van der Waals surface area contributed by atoms with Gasteiger partial charge in [0, 0.05) is 11.6 Å². The number of thioether (sulfide) groups is 1. The lowest BCUT2D eigenvalue weighted by atomic mass is 10.1. The predicted octanol–water partition coefficient (Wildman–Crippen LogP) is 4.35. The van der Waals surface area contributed by atoms with E-state index in [1.165, 1.54) is 11.8 Å². The first-order chi connectivity index (χ1) is 12.9. The summed E-state index contributed by atoms with van der Waals surface area (Å²) < 4.78 is 6.79. The van der Waals surface area contributed by atoms with E-state index in [1.54, 1.807) is 42.0 Å². The molecule has 5 nitrogen and oxygen atoms in total. The Morgan fingerprint density at radius 3 is 2.37 bits per heavy atom. The highest BCUT2D eigenvalue weighted by molar-refractivity contribution is 8.00. The summed E-state index contributed by atoms with van der Waals surface area (Å²) in [6.45, 7) is 5.72. The molecule has 3 aromatic rings. The van der Waals surface area contributed by atoms with Gasteiger partial charge in [0.2, 0.25) is 0 Å². The van der Waals surface area contributed by atoms with Crippen molar-refractivity contribution >= 4 is 28.4 Å². The number of fused-ring (bicyclic) bond motifs is 1. The van der Waals surface area contributed by atoms with E-state index >= 15 is 0 Å². The molecule has 1 atom stereocenters. The molecular weight excluding hydrogens is 360 g/mol. The molecule has 0 fully saturated rings. The lowest BCUT2D eigenvalue weighted by molar-refractivity contribution is 0.0993. The third kappa shape index (κ3) is 3.90. The quantitative estimate of drug-likeness (QED) is 0.360. The highest BCUT2D eigenvalue weighted by atomic mass is 32.2. The van der Waals surface area contributed by atoms with Crippen LogP contribution in [0.3, 0.4) is 0 Å². The molecular formula is C21H22N2O3S. The Bertz CT molecular complexity index is 1030. The maximum atomic E-state index is 12.9. The van der Waals surface area contributed by atoms with Crippen LogP contribution in [0.15, 0.2) is 58.5 Å².